The number of carbonyl (C=O) groups is 2. The Kier molecular flexibility index (Phi) is 3.83. The first-order valence-corrected chi connectivity index (χ1v) is 9.80. The van der Waals surface area contributed by atoms with Crippen LogP contribution in [0.1, 0.15) is 59.3 Å². The van der Waals surface area contributed by atoms with E-state index in [1.54, 1.807) is 6.92 Å². The molecule has 0 radical (unpaired) electrons. The Morgan fingerprint density at radius 1 is 1.04 bits per heavy atom. The van der Waals surface area contributed by atoms with Crippen LogP contribution in [0.4, 0.5) is 0 Å². The molecule has 3 fully saturated rings. The fourth-order valence-corrected chi connectivity index (χ4v) is 7.06. The van der Waals surface area contributed by atoms with Gasteiger partial charge < -0.3 is 10.2 Å². The van der Waals surface area contributed by atoms with Crippen molar-refractivity contribution in [1.82, 2.24) is 0 Å². The molecule has 138 valence electrons. The minimum absolute atomic E-state index is 0.0234. The number of Topliss-reactive ketones (excluding diaryl/α,β-unsaturated/α-hetero) is 1. The summed E-state index contributed by atoms with van der Waals surface area (Å²) in [6.07, 6.45) is 5.10. The molecule has 4 aliphatic carbocycles. The molecule has 0 amide bonds. The monoisotopic (exact) mass is 346 g/mol. The van der Waals surface area contributed by atoms with Gasteiger partial charge in [-0.15, -0.1) is 0 Å². The molecule has 0 aromatic rings. The lowest BCUT2D eigenvalue weighted by molar-refractivity contribution is -0.143. The SMILES string of the molecule is CC(=O)[C@H]1CCC2C3=CC(=O)C4C[C@@H](O)[C@@H](O)C[C@]4(C)C3CC[C@@]21C. The third kappa shape index (κ3) is 2.26. The minimum atomic E-state index is -0.792. The number of carbonyl (C=O) groups excluding carboxylic acids is 2. The van der Waals surface area contributed by atoms with Crippen LogP contribution in [0, 0.1) is 34.5 Å². The van der Waals surface area contributed by atoms with Crippen molar-refractivity contribution in [3.05, 3.63) is 11.6 Å². The summed E-state index contributed by atoms with van der Waals surface area (Å²) < 4.78 is 0. The maximum Gasteiger partial charge on any atom is 0.159 e. The highest BCUT2D eigenvalue weighted by atomic mass is 16.3. The first-order chi connectivity index (χ1) is 11.7. The van der Waals surface area contributed by atoms with Gasteiger partial charge in [0, 0.05) is 11.8 Å². The van der Waals surface area contributed by atoms with E-state index in [0.717, 1.165) is 25.7 Å². The maximum absolute atomic E-state index is 12.9. The molecule has 8 atom stereocenters. The molecule has 0 bridgehead atoms. The molecule has 0 aromatic heterocycles. The predicted octanol–water partition coefficient (Wildman–Crippen LogP) is 2.67. The van der Waals surface area contributed by atoms with Crippen molar-refractivity contribution in [2.45, 2.75) is 71.5 Å². The van der Waals surface area contributed by atoms with Crippen LogP contribution in [0.5, 0.6) is 0 Å². The van der Waals surface area contributed by atoms with Gasteiger partial charge in [0.25, 0.3) is 0 Å². The molecular weight excluding hydrogens is 316 g/mol. The van der Waals surface area contributed by atoms with Gasteiger partial charge in [-0.1, -0.05) is 19.4 Å². The molecule has 0 aliphatic heterocycles. The number of hydrogen-bond acceptors (Lipinski definition) is 4. The van der Waals surface area contributed by atoms with Gasteiger partial charge in [0.2, 0.25) is 0 Å². The van der Waals surface area contributed by atoms with E-state index in [1.807, 2.05) is 6.08 Å². The summed E-state index contributed by atoms with van der Waals surface area (Å²) in [6.45, 7) is 6.09. The second-order valence-corrected chi connectivity index (χ2v) is 9.57. The van der Waals surface area contributed by atoms with Crippen molar-refractivity contribution in [1.29, 1.82) is 0 Å². The molecule has 3 saturated carbocycles. The van der Waals surface area contributed by atoms with Gasteiger partial charge >= 0.3 is 0 Å². The van der Waals surface area contributed by atoms with Crippen LogP contribution in [0.25, 0.3) is 0 Å². The summed E-state index contributed by atoms with van der Waals surface area (Å²) in [5.74, 6) is 0.932. The lowest BCUT2D eigenvalue weighted by Gasteiger charge is -2.57. The van der Waals surface area contributed by atoms with Gasteiger partial charge in [-0.3, -0.25) is 9.59 Å². The van der Waals surface area contributed by atoms with Crippen molar-refractivity contribution in [2.75, 3.05) is 0 Å². The van der Waals surface area contributed by atoms with E-state index in [9.17, 15) is 19.8 Å². The number of aliphatic hydroxyl groups excluding tert-OH is 2. The average molecular weight is 346 g/mol. The third-order valence-corrected chi connectivity index (χ3v) is 8.42. The normalized spacial score (nSPS) is 52.0. The fourth-order valence-electron chi connectivity index (χ4n) is 7.06. The van der Waals surface area contributed by atoms with E-state index < -0.39 is 12.2 Å². The van der Waals surface area contributed by atoms with E-state index in [4.69, 9.17) is 0 Å². The highest BCUT2D eigenvalue weighted by molar-refractivity contribution is 5.94. The van der Waals surface area contributed by atoms with Crippen LogP contribution in [0.2, 0.25) is 0 Å². The molecule has 4 nitrogen and oxygen atoms in total. The average Bonchev–Trinajstić information content (AvgIpc) is 2.88. The highest BCUT2D eigenvalue weighted by Gasteiger charge is 2.60. The first-order valence-electron chi connectivity index (χ1n) is 9.80. The van der Waals surface area contributed by atoms with E-state index in [1.165, 1.54) is 5.57 Å². The van der Waals surface area contributed by atoms with E-state index in [-0.39, 0.29) is 34.2 Å². The smallest absolute Gasteiger partial charge is 0.159 e. The molecule has 0 heterocycles. The van der Waals surface area contributed by atoms with Crippen molar-refractivity contribution in [3.8, 4) is 0 Å². The number of aliphatic hydroxyl groups is 2. The van der Waals surface area contributed by atoms with E-state index in [2.05, 4.69) is 13.8 Å². The van der Waals surface area contributed by atoms with Gasteiger partial charge in [-0.05, 0) is 74.2 Å². The Labute approximate surface area is 149 Å². The number of allylic oxidation sites excluding steroid dienone is 2. The summed E-state index contributed by atoms with van der Waals surface area (Å²) in [5, 5.41) is 20.4. The van der Waals surface area contributed by atoms with Gasteiger partial charge in [0.1, 0.15) is 5.78 Å². The Morgan fingerprint density at radius 3 is 2.40 bits per heavy atom. The Hall–Kier alpha value is -1.00. The van der Waals surface area contributed by atoms with Crippen LogP contribution in [-0.4, -0.2) is 34.0 Å². The molecule has 4 heteroatoms. The highest BCUT2D eigenvalue weighted by Crippen LogP contribution is 2.65. The molecule has 3 unspecified atom stereocenters. The molecular formula is C21H30O4. The first kappa shape index (κ1) is 17.4. The zero-order valence-electron chi connectivity index (χ0n) is 15.5. The lowest BCUT2D eigenvalue weighted by atomic mass is 9.47. The lowest BCUT2D eigenvalue weighted by Crippen LogP contribution is -2.55. The Balaban J connectivity index is 1.74. The van der Waals surface area contributed by atoms with E-state index in [0.29, 0.717) is 24.7 Å². The molecule has 2 N–H and O–H groups in total. The van der Waals surface area contributed by atoms with Crippen LogP contribution in [0.15, 0.2) is 11.6 Å². The summed E-state index contributed by atoms with van der Waals surface area (Å²) >= 11 is 0. The second-order valence-electron chi connectivity index (χ2n) is 9.57. The Bertz CT molecular complexity index is 652. The molecule has 0 spiro atoms. The number of rotatable bonds is 1. The zero-order chi connectivity index (χ0) is 18.1. The second kappa shape index (κ2) is 5.50. The molecule has 4 aliphatic rings. The summed E-state index contributed by atoms with van der Waals surface area (Å²) in [7, 11) is 0. The molecule has 0 saturated heterocycles. The quantitative estimate of drug-likeness (QED) is 0.765. The van der Waals surface area contributed by atoms with Crippen LogP contribution < -0.4 is 0 Å². The van der Waals surface area contributed by atoms with E-state index >= 15 is 0 Å². The van der Waals surface area contributed by atoms with Crippen molar-refractivity contribution < 1.29 is 19.8 Å². The number of fused-ring (bicyclic) bond motifs is 5. The number of hydrogen-bond donors (Lipinski definition) is 2. The van der Waals surface area contributed by atoms with Crippen molar-refractivity contribution in [2.24, 2.45) is 34.5 Å². The minimum Gasteiger partial charge on any atom is -0.390 e. The fraction of sp³-hybridized carbons (Fsp3) is 0.810. The Morgan fingerprint density at radius 2 is 1.72 bits per heavy atom. The van der Waals surface area contributed by atoms with Crippen molar-refractivity contribution in [3.63, 3.8) is 0 Å². The molecule has 0 aromatic carbocycles. The topological polar surface area (TPSA) is 74.6 Å². The maximum atomic E-state index is 12.9. The predicted molar refractivity (Wildman–Crippen MR) is 93.7 cm³/mol. The van der Waals surface area contributed by atoms with Gasteiger partial charge in [0.05, 0.1) is 12.2 Å². The van der Waals surface area contributed by atoms with Gasteiger partial charge in [-0.2, -0.15) is 0 Å². The van der Waals surface area contributed by atoms with Crippen LogP contribution in [0.3, 0.4) is 0 Å². The summed E-state index contributed by atoms with van der Waals surface area (Å²) in [5.41, 5.74) is 0.949. The van der Waals surface area contributed by atoms with Gasteiger partial charge in [-0.25, -0.2) is 0 Å². The van der Waals surface area contributed by atoms with Crippen LogP contribution in [-0.2, 0) is 9.59 Å². The zero-order valence-corrected chi connectivity index (χ0v) is 15.5. The molecule has 4 rings (SSSR count). The van der Waals surface area contributed by atoms with Crippen molar-refractivity contribution >= 4 is 11.6 Å². The summed E-state index contributed by atoms with van der Waals surface area (Å²) in [6, 6.07) is 0. The third-order valence-electron chi connectivity index (χ3n) is 8.42. The largest absolute Gasteiger partial charge is 0.390 e. The summed E-state index contributed by atoms with van der Waals surface area (Å²) in [4.78, 5) is 25.1. The number of ketones is 2. The molecule has 25 heavy (non-hydrogen) atoms. The standard InChI is InChI=1S/C21H30O4/c1-11(22)13-4-5-14-12-8-17(23)16-9-18(24)19(25)10-21(16,3)15(12)6-7-20(13,14)2/h8,13-16,18-19,24-25H,4-7,9-10H2,1-3H3/t13-,14?,15?,16?,18-,19+,20-,21-/m1/s1. The van der Waals surface area contributed by atoms with Gasteiger partial charge in [0.15, 0.2) is 5.78 Å². The van der Waals surface area contributed by atoms with Crippen LogP contribution >= 0.6 is 0 Å².